The minimum atomic E-state index is -4.59. The van der Waals surface area contributed by atoms with Crippen LogP contribution in [-0.4, -0.2) is 16.2 Å². The first-order valence-electron chi connectivity index (χ1n) is 10.9. The molecule has 0 saturated carbocycles. The minimum absolute atomic E-state index is 0.0117. The third-order valence-electron chi connectivity index (χ3n) is 5.81. The van der Waals surface area contributed by atoms with Crippen LogP contribution in [0.25, 0.3) is 17.0 Å². The van der Waals surface area contributed by atoms with Crippen molar-refractivity contribution in [1.29, 1.82) is 0 Å². The Labute approximate surface area is 202 Å². The van der Waals surface area contributed by atoms with E-state index in [9.17, 15) is 22.4 Å². The first-order valence-corrected chi connectivity index (χ1v) is 10.9. The van der Waals surface area contributed by atoms with E-state index in [0.717, 1.165) is 17.0 Å². The summed E-state index contributed by atoms with van der Waals surface area (Å²) in [7, 11) is 0. The van der Waals surface area contributed by atoms with Gasteiger partial charge in [0.15, 0.2) is 0 Å². The standard InChI is InChI=1S/C26H18F4N4O2/c1-15-21(24-32-23(33-36-24)17-6-3-2-4-7-17)22(16-10-12-19(27)13-11-16)31-25(35)34(15)20-9-5-8-18(14-20)26(28,29)30/h2-14,22H,1H3,(H,31,35). The van der Waals surface area contributed by atoms with Gasteiger partial charge < -0.3 is 9.84 Å². The van der Waals surface area contributed by atoms with Crippen molar-refractivity contribution < 1.29 is 26.9 Å². The van der Waals surface area contributed by atoms with Gasteiger partial charge in [-0.25, -0.2) is 9.18 Å². The second-order valence-electron chi connectivity index (χ2n) is 8.11. The van der Waals surface area contributed by atoms with Crippen LogP contribution in [-0.2, 0) is 6.18 Å². The maximum atomic E-state index is 13.6. The van der Waals surface area contributed by atoms with E-state index in [1.165, 1.54) is 36.4 Å². The molecule has 182 valence electrons. The lowest BCUT2D eigenvalue weighted by molar-refractivity contribution is -0.137. The number of benzene rings is 3. The average Bonchev–Trinajstić information content (AvgIpc) is 3.34. The monoisotopic (exact) mass is 494 g/mol. The Morgan fingerprint density at radius 2 is 1.69 bits per heavy atom. The molecule has 1 N–H and O–H groups in total. The van der Waals surface area contributed by atoms with Crippen molar-refractivity contribution in [2.75, 3.05) is 4.90 Å². The van der Waals surface area contributed by atoms with Gasteiger partial charge in [-0.15, -0.1) is 0 Å². The van der Waals surface area contributed by atoms with Crippen LogP contribution in [0.5, 0.6) is 0 Å². The Balaban J connectivity index is 1.66. The van der Waals surface area contributed by atoms with Gasteiger partial charge in [0, 0.05) is 11.3 Å². The molecule has 6 nitrogen and oxygen atoms in total. The number of nitrogens with one attached hydrogen (secondary N) is 1. The van der Waals surface area contributed by atoms with Gasteiger partial charge >= 0.3 is 12.2 Å². The van der Waals surface area contributed by atoms with Crippen molar-refractivity contribution in [3.8, 4) is 11.4 Å². The number of rotatable bonds is 4. The fourth-order valence-corrected chi connectivity index (χ4v) is 4.09. The van der Waals surface area contributed by atoms with Gasteiger partial charge in [-0.05, 0) is 42.8 Å². The number of alkyl halides is 3. The van der Waals surface area contributed by atoms with Gasteiger partial charge in [-0.1, -0.05) is 53.7 Å². The third kappa shape index (κ3) is 4.33. The molecular weight excluding hydrogens is 476 g/mol. The summed E-state index contributed by atoms with van der Waals surface area (Å²) < 4.78 is 59.2. The van der Waals surface area contributed by atoms with Gasteiger partial charge in [-0.3, -0.25) is 4.90 Å². The summed E-state index contributed by atoms with van der Waals surface area (Å²) in [6.07, 6.45) is -4.59. The fourth-order valence-electron chi connectivity index (χ4n) is 4.09. The van der Waals surface area contributed by atoms with Crippen LogP contribution in [0, 0.1) is 5.82 Å². The van der Waals surface area contributed by atoms with Gasteiger partial charge in [0.25, 0.3) is 5.89 Å². The van der Waals surface area contributed by atoms with Crippen LogP contribution in [0.4, 0.5) is 28.0 Å². The number of halogens is 4. The van der Waals surface area contributed by atoms with Crippen molar-refractivity contribution in [2.24, 2.45) is 0 Å². The predicted octanol–water partition coefficient (Wildman–Crippen LogP) is 6.60. The maximum absolute atomic E-state index is 13.6. The largest absolute Gasteiger partial charge is 0.416 e. The van der Waals surface area contributed by atoms with E-state index in [0.29, 0.717) is 22.5 Å². The zero-order valence-corrected chi connectivity index (χ0v) is 18.8. The second-order valence-corrected chi connectivity index (χ2v) is 8.11. The number of carbonyl (C=O) groups is 1. The van der Waals surface area contributed by atoms with Gasteiger partial charge in [0.1, 0.15) is 5.82 Å². The highest BCUT2D eigenvalue weighted by molar-refractivity contribution is 6.01. The molecule has 0 fully saturated rings. The van der Waals surface area contributed by atoms with Crippen molar-refractivity contribution in [3.05, 3.63) is 107 Å². The Bertz CT molecular complexity index is 1450. The van der Waals surface area contributed by atoms with Crippen LogP contribution in [0.1, 0.15) is 30.0 Å². The first kappa shape index (κ1) is 23.3. The Kier molecular flexibility index (Phi) is 5.79. The fraction of sp³-hybridized carbons (Fsp3) is 0.115. The Morgan fingerprint density at radius 1 is 0.972 bits per heavy atom. The summed E-state index contributed by atoms with van der Waals surface area (Å²) in [6.45, 7) is 1.58. The topological polar surface area (TPSA) is 71.3 Å². The van der Waals surface area contributed by atoms with Crippen LogP contribution in [0.3, 0.4) is 0 Å². The van der Waals surface area contributed by atoms with Gasteiger partial charge in [0.2, 0.25) is 5.82 Å². The highest BCUT2D eigenvalue weighted by Gasteiger charge is 2.38. The zero-order valence-electron chi connectivity index (χ0n) is 18.8. The summed E-state index contributed by atoms with van der Waals surface area (Å²) in [4.78, 5) is 18.8. The molecule has 3 aromatic carbocycles. The smallest absolute Gasteiger partial charge is 0.334 e. The van der Waals surface area contributed by atoms with E-state index in [1.54, 1.807) is 19.1 Å². The molecule has 36 heavy (non-hydrogen) atoms. The summed E-state index contributed by atoms with van der Waals surface area (Å²) in [6, 6.07) is 17.5. The predicted molar refractivity (Wildman–Crippen MR) is 124 cm³/mol. The number of nitrogens with zero attached hydrogens (tertiary/aromatic N) is 3. The average molecular weight is 494 g/mol. The molecule has 4 aromatic rings. The molecule has 1 aliphatic rings. The van der Waals surface area contributed by atoms with Crippen molar-refractivity contribution in [3.63, 3.8) is 0 Å². The van der Waals surface area contributed by atoms with E-state index in [-0.39, 0.29) is 17.3 Å². The highest BCUT2D eigenvalue weighted by Crippen LogP contribution is 2.40. The summed E-state index contributed by atoms with van der Waals surface area (Å²) in [5.41, 5.74) is 0.995. The van der Waals surface area contributed by atoms with E-state index < -0.39 is 29.6 Å². The van der Waals surface area contributed by atoms with Crippen LogP contribution < -0.4 is 10.2 Å². The van der Waals surface area contributed by atoms with E-state index in [2.05, 4.69) is 15.5 Å². The molecule has 1 aromatic heterocycles. The van der Waals surface area contributed by atoms with E-state index >= 15 is 0 Å². The molecule has 2 amide bonds. The van der Waals surface area contributed by atoms with Crippen LogP contribution >= 0.6 is 0 Å². The maximum Gasteiger partial charge on any atom is 0.416 e. The molecule has 0 aliphatic carbocycles. The quantitative estimate of drug-likeness (QED) is 0.325. The molecule has 1 unspecified atom stereocenters. The number of anilines is 1. The summed E-state index contributed by atoms with van der Waals surface area (Å²) in [5.74, 6) is -0.0955. The van der Waals surface area contributed by atoms with E-state index in [4.69, 9.17) is 4.52 Å². The zero-order chi connectivity index (χ0) is 25.4. The normalized spacial score (nSPS) is 16.3. The second kappa shape index (κ2) is 8.95. The number of amides is 2. The Hall–Kier alpha value is -4.47. The first-order chi connectivity index (χ1) is 17.2. The molecular formula is C26H18F4N4O2. The molecule has 0 saturated heterocycles. The third-order valence-corrected chi connectivity index (χ3v) is 5.81. The number of allylic oxidation sites excluding steroid dienone is 1. The molecule has 0 radical (unpaired) electrons. The van der Waals surface area contributed by atoms with Crippen molar-refractivity contribution >= 4 is 17.3 Å². The molecule has 1 atom stereocenters. The molecule has 0 bridgehead atoms. The summed E-state index contributed by atoms with van der Waals surface area (Å²) >= 11 is 0. The number of aromatic nitrogens is 2. The molecule has 2 heterocycles. The molecule has 10 heteroatoms. The molecule has 1 aliphatic heterocycles. The Morgan fingerprint density at radius 3 is 2.39 bits per heavy atom. The number of hydrogen-bond donors (Lipinski definition) is 1. The SMILES string of the molecule is CC1=C(c2nc(-c3ccccc3)no2)C(c2ccc(F)cc2)NC(=O)N1c1cccc(C(F)(F)F)c1. The van der Waals surface area contributed by atoms with Crippen LogP contribution in [0.15, 0.2) is 89.1 Å². The molecule has 0 spiro atoms. The number of urea groups is 1. The van der Waals surface area contributed by atoms with Crippen LogP contribution in [0.2, 0.25) is 0 Å². The van der Waals surface area contributed by atoms with Gasteiger partial charge in [-0.2, -0.15) is 18.2 Å². The summed E-state index contributed by atoms with van der Waals surface area (Å²) in [5, 5.41) is 6.83. The van der Waals surface area contributed by atoms with Crippen molar-refractivity contribution in [2.45, 2.75) is 19.1 Å². The van der Waals surface area contributed by atoms with Crippen molar-refractivity contribution in [1.82, 2.24) is 15.5 Å². The molecule has 5 rings (SSSR count). The minimum Gasteiger partial charge on any atom is -0.334 e. The van der Waals surface area contributed by atoms with Gasteiger partial charge in [0.05, 0.1) is 22.9 Å². The lowest BCUT2D eigenvalue weighted by atomic mass is 9.94. The lowest BCUT2D eigenvalue weighted by Crippen LogP contribution is -2.46. The highest BCUT2D eigenvalue weighted by atomic mass is 19.4. The van der Waals surface area contributed by atoms with E-state index in [1.807, 2.05) is 18.2 Å². The number of hydrogen-bond acceptors (Lipinski definition) is 4. The lowest BCUT2D eigenvalue weighted by Gasteiger charge is -2.35. The number of carbonyl (C=O) groups excluding carboxylic acids is 1.